The molecule has 27 heavy (non-hydrogen) atoms. The van der Waals surface area contributed by atoms with Crippen LogP contribution in [0.2, 0.25) is 0 Å². The van der Waals surface area contributed by atoms with Gasteiger partial charge in [-0.25, -0.2) is 4.98 Å². The first-order valence-corrected chi connectivity index (χ1v) is 11.4. The van der Waals surface area contributed by atoms with E-state index in [4.69, 9.17) is 4.42 Å². The van der Waals surface area contributed by atoms with Crippen LogP contribution in [0.5, 0.6) is 0 Å². The van der Waals surface area contributed by atoms with Gasteiger partial charge in [-0.15, -0.1) is 22.7 Å². The van der Waals surface area contributed by atoms with Crippen LogP contribution in [0.1, 0.15) is 21.4 Å². The number of carbonyl (C=O) groups is 1. The molecule has 136 valence electrons. The third-order valence-corrected chi connectivity index (χ3v) is 7.43. The number of amides is 1. The van der Waals surface area contributed by atoms with E-state index in [0.29, 0.717) is 11.0 Å². The second kappa shape index (κ2) is 7.14. The van der Waals surface area contributed by atoms with Gasteiger partial charge in [0.1, 0.15) is 5.52 Å². The van der Waals surface area contributed by atoms with Crippen molar-refractivity contribution < 1.29 is 9.21 Å². The first-order valence-electron chi connectivity index (χ1n) is 8.67. The van der Waals surface area contributed by atoms with Crippen LogP contribution in [0.25, 0.3) is 11.1 Å². The van der Waals surface area contributed by atoms with Crippen molar-refractivity contribution in [3.63, 3.8) is 0 Å². The maximum Gasteiger partial charge on any atom is 0.257 e. The van der Waals surface area contributed by atoms with E-state index < -0.39 is 0 Å². The predicted octanol–water partition coefficient (Wildman–Crippen LogP) is 5.22. The Morgan fingerprint density at radius 2 is 2.11 bits per heavy atom. The summed E-state index contributed by atoms with van der Waals surface area (Å²) in [5.41, 5.74) is 2.85. The average molecular weight is 413 g/mol. The number of aromatic nitrogens is 1. The average Bonchev–Trinajstić information content (AvgIpc) is 3.45. The Hall–Kier alpha value is -2.09. The molecule has 4 heterocycles. The second-order valence-corrected chi connectivity index (χ2v) is 9.20. The topological polar surface area (TPSA) is 46.3 Å². The first kappa shape index (κ1) is 17.0. The minimum absolute atomic E-state index is 0.0248. The molecule has 0 radical (unpaired) electrons. The number of rotatable bonds is 4. The van der Waals surface area contributed by atoms with Gasteiger partial charge in [-0.1, -0.05) is 30.0 Å². The van der Waals surface area contributed by atoms with Crippen molar-refractivity contribution in [1.29, 1.82) is 0 Å². The number of thiophene rings is 2. The van der Waals surface area contributed by atoms with Gasteiger partial charge >= 0.3 is 0 Å². The highest BCUT2D eigenvalue weighted by molar-refractivity contribution is 7.99. The van der Waals surface area contributed by atoms with Crippen LogP contribution in [0.4, 0.5) is 0 Å². The molecule has 0 saturated carbocycles. The minimum Gasteiger partial charge on any atom is -0.431 e. The summed E-state index contributed by atoms with van der Waals surface area (Å²) in [6.07, 6.45) is 0.925. The van der Waals surface area contributed by atoms with Gasteiger partial charge in [0.25, 0.3) is 5.22 Å². The maximum absolute atomic E-state index is 13.1. The Kier molecular flexibility index (Phi) is 4.51. The highest BCUT2D eigenvalue weighted by Crippen LogP contribution is 2.40. The SMILES string of the molecule is O=C(CSc1nc2ccccc2o1)N1CCc2sccc2C1c1cccs1. The van der Waals surface area contributed by atoms with E-state index >= 15 is 0 Å². The van der Waals surface area contributed by atoms with Crippen molar-refractivity contribution in [3.05, 3.63) is 68.5 Å². The normalized spacial score (nSPS) is 16.6. The largest absolute Gasteiger partial charge is 0.431 e. The Morgan fingerprint density at radius 1 is 1.19 bits per heavy atom. The number of oxazole rings is 1. The van der Waals surface area contributed by atoms with Crippen molar-refractivity contribution in [2.75, 3.05) is 12.3 Å². The van der Waals surface area contributed by atoms with Crippen LogP contribution in [-0.4, -0.2) is 28.1 Å². The molecule has 0 N–H and O–H groups in total. The molecule has 1 atom stereocenters. The van der Waals surface area contributed by atoms with Crippen LogP contribution < -0.4 is 0 Å². The molecular formula is C20H16N2O2S3. The second-order valence-electron chi connectivity index (χ2n) is 6.29. The lowest BCUT2D eigenvalue weighted by Crippen LogP contribution is -2.40. The number of nitrogens with zero attached hydrogens (tertiary/aromatic N) is 2. The molecule has 0 fully saturated rings. The first-order chi connectivity index (χ1) is 13.3. The fourth-order valence-corrected chi connectivity index (χ4v) is 5.94. The van der Waals surface area contributed by atoms with Crippen molar-refractivity contribution >= 4 is 51.4 Å². The third kappa shape index (κ3) is 3.20. The lowest BCUT2D eigenvalue weighted by molar-refractivity contribution is -0.130. The summed E-state index contributed by atoms with van der Waals surface area (Å²) in [6, 6.07) is 14.0. The van der Waals surface area contributed by atoms with E-state index in [1.165, 1.54) is 27.1 Å². The molecule has 0 spiro atoms. The Morgan fingerprint density at radius 3 is 2.96 bits per heavy atom. The van der Waals surface area contributed by atoms with Crippen molar-refractivity contribution in [2.45, 2.75) is 17.7 Å². The summed E-state index contributed by atoms with van der Waals surface area (Å²) in [7, 11) is 0. The number of thioether (sulfide) groups is 1. The maximum atomic E-state index is 13.1. The molecule has 3 aromatic heterocycles. The van der Waals surface area contributed by atoms with Crippen LogP contribution >= 0.6 is 34.4 Å². The predicted molar refractivity (Wildman–Crippen MR) is 111 cm³/mol. The van der Waals surface area contributed by atoms with Gasteiger partial charge in [0.05, 0.1) is 11.8 Å². The molecule has 1 aliphatic rings. The standard InChI is InChI=1S/C20H16N2O2S3/c23-18(12-27-20-21-14-4-1-2-5-15(14)24-20)22-9-7-16-13(8-11-26-16)19(22)17-6-3-10-25-17/h1-6,8,10-11,19H,7,9,12H2. The van der Waals surface area contributed by atoms with Crippen molar-refractivity contribution in [3.8, 4) is 0 Å². The van der Waals surface area contributed by atoms with Gasteiger partial charge in [0.15, 0.2) is 5.58 Å². The number of benzene rings is 1. The summed E-state index contributed by atoms with van der Waals surface area (Å²) in [4.78, 5) is 22.1. The highest BCUT2D eigenvalue weighted by Gasteiger charge is 2.33. The molecule has 1 amide bonds. The zero-order valence-corrected chi connectivity index (χ0v) is 16.8. The summed E-state index contributed by atoms with van der Waals surface area (Å²) in [5, 5.41) is 4.75. The van der Waals surface area contributed by atoms with E-state index in [1.54, 1.807) is 22.7 Å². The summed E-state index contributed by atoms with van der Waals surface area (Å²) in [5.74, 6) is 0.450. The minimum atomic E-state index is 0.0248. The molecule has 1 unspecified atom stereocenters. The van der Waals surface area contributed by atoms with Gasteiger partial charge in [-0.2, -0.15) is 0 Å². The van der Waals surface area contributed by atoms with Crippen LogP contribution in [0.3, 0.4) is 0 Å². The van der Waals surface area contributed by atoms with E-state index in [-0.39, 0.29) is 11.9 Å². The molecule has 4 nitrogen and oxygen atoms in total. The number of para-hydroxylation sites is 2. The van der Waals surface area contributed by atoms with Crippen molar-refractivity contribution in [1.82, 2.24) is 9.88 Å². The molecule has 0 bridgehead atoms. The zero-order valence-electron chi connectivity index (χ0n) is 14.3. The Bertz CT molecular complexity index is 1050. The number of hydrogen-bond donors (Lipinski definition) is 0. The molecule has 0 saturated heterocycles. The summed E-state index contributed by atoms with van der Waals surface area (Å²) in [6.45, 7) is 0.753. The fourth-order valence-electron chi connectivity index (χ4n) is 3.46. The van der Waals surface area contributed by atoms with E-state index in [9.17, 15) is 4.79 Å². The quantitative estimate of drug-likeness (QED) is 0.431. The van der Waals surface area contributed by atoms with Crippen molar-refractivity contribution in [2.24, 2.45) is 0 Å². The van der Waals surface area contributed by atoms with Gasteiger partial charge in [0, 0.05) is 16.3 Å². The third-order valence-electron chi connectivity index (χ3n) is 4.69. The van der Waals surface area contributed by atoms with Crippen LogP contribution in [0.15, 0.2) is 62.9 Å². The molecule has 1 aromatic carbocycles. The molecule has 5 rings (SSSR count). The van der Waals surface area contributed by atoms with Gasteiger partial charge in [0.2, 0.25) is 5.91 Å². The van der Waals surface area contributed by atoms with E-state index in [1.807, 2.05) is 29.2 Å². The molecule has 0 aliphatic carbocycles. The Balaban J connectivity index is 1.37. The molecule has 4 aromatic rings. The smallest absolute Gasteiger partial charge is 0.257 e. The molecular weight excluding hydrogens is 396 g/mol. The van der Waals surface area contributed by atoms with Crippen LogP contribution in [0, 0.1) is 0 Å². The monoisotopic (exact) mass is 412 g/mol. The fraction of sp³-hybridized carbons (Fsp3) is 0.200. The zero-order chi connectivity index (χ0) is 18.2. The number of fused-ring (bicyclic) bond motifs is 2. The highest BCUT2D eigenvalue weighted by atomic mass is 32.2. The van der Waals surface area contributed by atoms with Gasteiger partial charge < -0.3 is 9.32 Å². The van der Waals surface area contributed by atoms with Gasteiger partial charge in [-0.3, -0.25) is 4.79 Å². The van der Waals surface area contributed by atoms with E-state index in [2.05, 4.69) is 33.9 Å². The van der Waals surface area contributed by atoms with E-state index in [0.717, 1.165) is 24.1 Å². The molecule has 1 aliphatic heterocycles. The summed E-state index contributed by atoms with van der Waals surface area (Å²) < 4.78 is 5.73. The van der Waals surface area contributed by atoms with Gasteiger partial charge in [-0.05, 0) is 47.0 Å². The van der Waals surface area contributed by atoms with Crippen LogP contribution in [-0.2, 0) is 11.2 Å². The lowest BCUT2D eigenvalue weighted by atomic mass is 9.98. The number of carbonyl (C=O) groups excluding carboxylic acids is 1. The Labute approximate surface area is 168 Å². The summed E-state index contributed by atoms with van der Waals surface area (Å²) >= 11 is 4.86. The lowest BCUT2D eigenvalue weighted by Gasteiger charge is -2.35. The molecule has 7 heteroatoms. The number of hydrogen-bond acceptors (Lipinski definition) is 6.